The van der Waals surface area contributed by atoms with Crippen LogP contribution in [0, 0.1) is 0 Å². The van der Waals surface area contributed by atoms with Crippen LogP contribution in [0.1, 0.15) is 11.1 Å². The summed E-state index contributed by atoms with van der Waals surface area (Å²) in [7, 11) is 0. The van der Waals surface area contributed by atoms with Crippen LogP contribution >= 0.6 is 0 Å². The van der Waals surface area contributed by atoms with Crippen molar-refractivity contribution >= 4 is 11.8 Å². The van der Waals surface area contributed by atoms with Crippen LogP contribution in [0.25, 0.3) is 5.57 Å². The third kappa shape index (κ3) is 3.45. The van der Waals surface area contributed by atoms with Crippen molar-refractivity contribution in [1.29, 1.82) is 0 Å². The normalized spacial score (nSPS) is 10.5. The Hall–Kier alpha value is -2.55. The van der Waals surface area contributed by atoms with Crippen LogP contribution in [0.5, 0.6) is 5.75 Å². The summed E-state index contributed by atoms with van der Waals surface area (Å²) in [5, 5.41) is 11.6. The van der Waals surface area contributed by atoms with Crippen molar-refractivity contribution in [1.82, 2.24) is 0 Å². The lowest BCUT2D eigenvalue weighted by Gasteiger charge is -2.10. The van der Waals surface area contributed by atoms with Crippen LogP contribution in [-0.2, 0) is 0 Å². The Bertz CT molecular complexity index is 576. The van der Waals surface area contributed by atoms with Crippen LogP contribution in [0.4, 0.5) is 0 Å². The molecule has 0 amide bonds. The third-order valence-electron chi connectivity index (χ3n) is 2.70. The summed E-state index contributed by atoms with van der Waals surface area (Å²) in [6.45, 7) is 4.40. The smallest absolute Gasteiger partial charge is 0.128 e. The lowest BCUT2D eigenvalue weighted by atomic mass is 10.1. The lowest BCUT2D eigenvalue weighted by Crippen LogP contribution is -2.01. The van der Waals surface area contributed by atoms with Crippen LogP contribution < -0.4 is 4.74 Å². The summed E-state index contributed by atoms with van der Waals surface area (Å²) in [5.41, 5.74) is 2.68. The molecule has 0 unspecified atom stereocenters. The van der Waals surface area contributed by atoms with Crippen LogP contribution in [0.15, 0.2) is 66.3 Å². The molecule has 0 aliphatic rings. The maximum atomic E-state index is 8.60. The minimum absolute atomic E-state index is 0.389. The van der Waals surface area contributed by atoms with Gasteiger partial charge in [0.15, 0.2) is 0 Å². The Morgan fingerprint density at radius 3 is 2.53 bits per heavy atom. The first-order valence-corrected chi connectivity index (χ1v) is 5.93. The fraction of sp³-hybridized carbons (Fsp3) is 0.0625. The number of rotatable bonds is 5. The van der Waals surface area contributed by atoms with Gasteiger partial charge in [-0.05, 0) is 23.3 Å². The molecule has 0 aliphatic heterocycles. The molecule has 96 valence electrons. The first kappa shape index (κ1) is 12.9. The maximum absolute atomic E-state index is 8.60. The average Bonchev–Trinajstić information content (AvgIpc) is 2.47. The predicted octanol–water partition coefficient (Wildman–Crippen LogP) is 3.59. The molecule has 0 heterocycles. The number of nitrogens with zero attached hydrogens (tertiary/aromatic N) is 1. The Labute approximate surface area is 112 Å². The number of hydrogen-bond donors (Lipinski definition) is 1. The second-order valence-corrected chi connectivity index (χ2v) is 4.04. The summed E-state index contributed by atoms with van der Waals surface area (Å²) in [6.07, 6.45) is 1.35. The first-order chi connectivity index (χ1) is 9.31. The zero-order valence-corrected chi connectivity index (χ0v) is 10.5. The van der Waals surface area contributed by atoms with E-state index in [4.69, 9.17) is 9.94 Å². The fourth-order valence-electron chi connectivity index (χ4n) is 1.70. The number of hydrogen-bond acceptors (Lipinski definition) is 3. The van der Waals surface area contributed by atoms with E-state index in [1.807, 2.05) is 54.6 Å². The highest BCUT2D eigenvalue weighted by Gasteiger charge is 2.03. The molecule has 0 radical (unpaired) electrons. The number of oxime groups is 1. The number of ether oxygens (including phenoxy) is 1. The second kappa shape index (κ2) is 6.40. The van der Waals surface area contributed by atoms with Crippen molar-refractivity contribution in [3.8, 4) is 5.75 Å². The van der Waals surface area contributed by atoms with E-state index in [-0.39, 0.29) is 0 Å². The SMILES string of the molecule is C=C(COc1ccccc1C=NO)c1ccccc1. The van der Waals surface area contributed by atoms with Crippen LogP contribution in [-0.4, -0.2) is 18.0 Å². The Balaban J connectivity index is 2.05. The van der Waals surface area contributed by atoms with Crippen molar-refractivity contribution in [3.63, 3.8) is 0 Å². The van der Waals surface area contributed by atoms with E-state index >= 15 is 0 Å². The van der Waals surface area contributed by atoms with Gasteiger partial charge in [-0.25, -0.2) is 0 Å². The van der Waals surface area contributed by atoms with Gasteiger partial charge in [0.25, 0.3) is 0 Å². The van der Waals surface area contributed by atoms with Gasteiger partial charge in [-0.1, -0.05) is 54.2 Å². The lowest BCUT2D eigenvalue weighted by molar-refractivity contribution is 0.321. The molecule has 1 N–H and O–H groups in total. The predicted molar refractivity (Wildman–Crippen MR) is 76.8 cm³/mol. The molecule has 0 fully saturated rings. The highest BCUT2D eigenvalue weighted by atomic mass is 16.5. The second-order valence-electron chi connectivity index (χ2n) is 4.04. The monoisotopic (exact) mass is 253 g/mol. The van der Waals surface area contributed by atoms with Gasteiger partial charge < -0.3 is 9.94 Å². The molecule has 0 saturated carbocycles. The van der Waals surface area contributed by atoms with E-state index < -0.39 is 0 Å². The van der Waals surface area contributed by atoms with E-state index in [9.17, 15) is 0 Å². The quantitative estimate of drug-likeness (QED) is 0.502. The minimum Gasteiger partial charge on any atom is -0.488 e. The zero-order valence-electron chi connectivity index (χ0n) is 10.5. The third-order valence-corrected chi connectivity index (χ3v) is 2.70. The standard InChI is InChI=1S/C16H15NO2/c1-13(14-7-3-2-4-8-14)12-19-16-10-6-5-9-15(16)11-17-18/h2-11,18H,1,12H2. The van der Waals surface area contributed by atoms with Crippen molar-refractivity contribution in [2.45, 2.75) is 0 Å². The average molecular weight is 253 g/mol. The van der Waals surface area contributed by atoms with Gasteiger partial charge in [-0.2, -0.15) is 0 Å². The first-order valence-electron chi connectivity index (χ1n) is 5.93. The van der Waals surface area contributed by atoms with Crippen molar-refractivity contribution in [2.75, 3.05) is 6.61 Å². The van der Waals surface area contributed by atoms with E-state index in [0.29, 0.717) is 12.4 Å². The molecule has 2 aromatic rings. The van der Waals surface area contributed by atoms with Gasteiger partial charge in [0.1, 0.15) is 12.4 Å². The van der Waals surface area contributed by atoms with Gasteiger partial charge in [0.05, 0.1) is 6.21 Å². The molecule has 0 aliphatic carbocycles. The Morgan fingerprint density at radius 2 is 1.79 bits per heavy atom. The highest BCUT2D eigenvalue weighted by Crippen LogP contribution is 2.19. The van der Waals surface area contributed by atoms with Gasteiger partial charge in [-0.15, -0.1) is 0 Å². The molecule has 3 nitrogen and oxygen atoms in total. The number of para-hydroxylation sites is 1. The Kier molecular flexibility index (Phi) is 4.34. The van der Waals surface area contributed by atoms with Crippen LogP contribution in [0.3, 0.4) is 0 Å². The summed E-state index contributed by atoms with van der Waals surface area (Å²) < 4.78 is 5.70. The molecular formula is C16H15NO2. The summed E-state index contributed by atoms with van der Waals surface area (Å²) in [5.74, 6) is 0.664. The molecule has 2 aromatic carbocycles. The van der Waals surface area contributed by atoms with E-state index in [0.717, 1.165) is 16.7 Å². The summed E-state index contributed by atoms with van der Waals surface area (Å²) in [6, 6.07) is 17.3. The molecular weight excluding hydrogens is 238 g/mol. The van der Waals surface area contributed by atoms with E-state index in [2.05, 4.69) is 11.7 Å². The minimum atomic E-state index is 0.389. The topological polar surface area (TPSA) is 41.8 Å². The van der Waals surface area contributed by atoms with Gasteiger partial charge in [-0.3, -0.25) is 0 Å². The summed E-state index contributed by atoms with van der Waals surface area (Å²) in [4.78, 5) is 0. The Morgan fingerprint density at radius 1 is 1.11 bits per heavy atom. The maximum Gasteiger partial charge on any atom is 0.128 e. The van der Waals surface area contributed by atoms with Gasteiger partial charge >= 0.3 is 0 Å². The molecule has 0 bridgehead atoms. The van der Waals surface area contributed by atoms with Crippen molar-refractivity contribution < 1.29 is 9.94 Å². The molecule has 0 aromatic heterocycles. The molecule has 19 heavy (non-hydrogen) atoms. The summed E-state index contributed by atoms with van der Waals surface area (Å²) >= 11 is 0. The molecule has 0 spiro atoms. The number of benzene rings is 2. The largest absolute Gasteiger partial charge is 0.488 e. The van der Waals surface area contributed by atoms with Crippen molar-refractivity contribution in [2.24, 2.45) is 5.16 Å². The molecule has 2 rings (SSSR count). The van der Waals surface area contributed by atoms with Gasteiger partial charge in [0.2, 0.25) is 0 Å². The van der Waals surface area contributed by atoms with Crippen molar-refractivity contribution in [3.05, 3.63) is 72.3 Å². The molecule has 0 saturated heterocycles. The van der Waals surface area contributed by atoms with Gasteiger partial charge in [0, 0.05) is 5.56 Å². The highest BCUT2D eigenvalue weighted by molar-refractivity contribution is 5.83. The van der Waals surface area contributed by atoms with E-state index in [1.54, 1.807) is 0 Å². The zero-order chi connectivity index (χ0) is 13.5. The van der Waals surface area contributed by atoms with E-state index in [1.165, 1.54) is 6.21 Å². The molecule has 0 atom stereocenters. The molecule has 3 heteroatoms. The van der Waals surface area contributed by atoms with Crippen LogP contribution in [0.2, 0.25) is 0 Å². The fourth-order valence-corrected chi connectivity index (χ4v) is 1.70.